The van der Waals surface area contributed by atoms with Crippen LogP contribution in [0.25, 0.3) is 56.4 Å². The molecule has 1 aliphatic rings. The van der Waals surface area contributed by atoms with Crippen LogP contribution in [-0.4, -0.2) is 15.0 Å². The maximum Gasteiger partial charge on any atom is 0.164 e. The Kier molecular flexibility index (Phi) is 6.89. The minimum atomic E-state index is 0.312. The fourth-order valence-corrected chi connectivity index (χ4v) is 6.30. The van der Waals surface area contributed by atoms with Crippen LogP contribution in [0.2, 0.25) is 5.02 Å². The first-order valence-electron chi connectivity index (χ1n) is 14.8. The normalized spacial score (nSPS) is 11.6. The Labute approximate surface area is 270 Å². The van der Waals surface area contributed by atoms with E-state index < -0.39 is 0 Å². The standard InChI is InChI=1S/C39H24ClN5O/c40-32-19-11-18-30-28-16-7-8-17-29(28)31-24-27(22-23-34(31)45(36(30)32)35-21-10-9-20-33(35)44-46)39-42-37(25-12-3-1-4-13-25)41-38(43-39)26-14-5-2-6-15-26/h1-24H. The van der Waals surface area contributed by atoms with E-state index in [0.717, 1.165) is 50.3 Å². The van der Waals surface area contributed by atoms with E-state index >= 15 is 0 Å². The van der Waals surface area contributed by atoms with E-state index in [1.165, 1.54) is 0 Å². The average molecular weight is 614 g/mol. The van der Waals surface area contributed by atoms with Crippen LogP contribution in [0.15, 0.2) is 151 Å². The third kappa shape index (κ3) is 4.72. The molecule has 7 aromatic rings. The van der Waals surface area contributed by atoms with Crippen LogP contribution in [0, 0.1) is 4.91 Å². The Hall–Kier alpha value is -5.98. The summed E-state index contributed by atoms with van der Waals surface area (Å²) in [4.78, 5) is 28.9. The van der Waals surface area contributed by atoms with Crippen LogP contribution in [0.3, 0.4) is 0 Å². The first-order chi connectivity index (χ1) is 22.7. The molecule has 1 aliphatic heterocycles. The summed E-state index contributed by atoms with van der Waals surface area (Å²) in [5.74, 6) is 1.73. The highest BCUT2D eigenvalue weighted by molar-refractivity contribution is 6.35. The molecule has 0 unspecified atom stereocenters. The molecule has 0 saturated carbocycles. The van der Waals surface area contributed by atoms with Gasteiger partial charge >= 0.3 is 0 Å². The molecule has 0 amide bonds. The van der Waals surface area contributed by atoms with E-state index in [0.29, 0.717) is 33.9 Å². The number of para-hydroxylation sites is 2. The lowest BCUT2D eigenvalue weighted by Crippen LogP contribution is -2.12. The van der Waals surface area contributed by atoms with Gasteiger partial charge in [-0.25, -0.2) is 15.0 Å². The number of aromatic nitrogens is 3. The lowest BCUT2D eigenvalue weighted by atomic mass is 9.93. The minimum absolute atomic E-state index is 0.312. The van der Waals surface area contributed by atoms with Crippen LogP contribution in [0.4, 0.5) is 22.7 Å². The van der Waals surface area contributed by atoms with Gasteiger partial charge in [-0.3, -0.25) is 0 Å². The molecule has 0 radical (unpaired) electrons. The summed E-state index contributed by atoms with van der Waals surface area (Å²) in [5.41, 5.74) is 9.10. The Bertz CT molecular complexity index is 2200. The Morgan fingerprint density at radius 2 is 1.02 bits per heavy atom. The Morgan fingerprint density at radius 3 is 1.67 bits per heavy atom. The number of benzene rings is 6. The van der Waals surface area contributed by atoms with Crippen molar-refractivity contribution < 1.29 is 0 Å². The van der Waals surface area contributed by atoms with Crippen LogP contribution in [0.1, 0.15) is 0 Å². The van der Waals surface area contributed by atoms with E-state index in [9.17, 15) is 4.91 Å². The molecule has 7 heteroatoms. The molecule has 1 aromatic heterocycles. The molecule has 0 saturated heterocycles. The van der Waals surface area contributed by atoms with Gasteiger partial charge in [-0.2, -0.15) is 0 Å². The van der Waals surface area contributed by atoms with Crippen molar-refractivity contribution in [2.75, 3.05) is 4.90 Å². The van der Waals surface area contributed by atoms with Gasteiger partial charge in [0.25, 0.3) is 0 Å². The highest BCUT2D eigenvalue weighted by atomic mass is 35.5. The lowest BCUT2D eigenvalue weighted by molar-refractivity contribution is 1.07. The molecule has 8 rings (SSSR count). The van der Waals surface area contributed by atoms with Crippen LogP contribution < -0.4 is 4.90 Å². The quantitative estimate of drug-likeness (QED) is 0.181. The zero-order valence-electron chi connectivity index (χ0n) is 24.4. The maximum absolute atomic E-state index is 12.1. The largest absolute Gasteiger partial charge is 0.305 e. The molecule has 0 N–H and O–H groups in total. The van der Waals surface area contributed by atoms with E-state index in [1.807, 2.05) is 114 Å². The molecular formula is C39H24ClN5O. The maximum atomic E-state index is 12.1. The number of nitroso groups, excluding NO2 is 1. The van der Waals surface area contributed by atoms with Gasteiger partial charge in [-0.05, 0) is 52.7 Å². The number of hydrogen-bond acceptors (Lipinski definition) is 6. The van der Waals surface area contributed by atoms with Gasteiger partial charge in [0.1, 0.15) is 5.69 Å². The molecule has 0 spiro atoms. The average Bonchev–Trinajstić information content (AvgIpc) is 3.25. The van der Waals surface area contributed by atoms with Gasteiger partial charge in [0.2, 0.25) is 0 Å². The molecule has 0 aliphatic carbocycles. The molecule has 0 fully saturated rings. The SMILES string of the molecule is O=Nc1ccccc1N1c2ccc(-c3nc(-c4ccccc4)nc(-c4ccccc4)n3)cc2-c2ccccc2-c2cccc(Cl)c21. The monoisotopic (exact) mass is 613 g/mol. The van der Waals surface area contributed by atoms with Crippen molar-refractivity contribution in [2.24, 2.45) is 5.18 Å². The van der Waals surface area contributed by atoms with E-state index in [2.05, 4.69) is 29.4 Å². The number of hydrogen-bond donors (Lipinski definition) is 0. The summed E-state index contributed by atoms with van der Waals surface area (Å²) in [7, 11) is 0. The summed E-state index contributed by atoms with van der Waals surface area (Å²) in [5, 5.41) is 3.94. The fourth-order valence-electron chi connectivity index (χ4n) is 6.04. The molecule has 2 heterocycles. The number of halogens is 1. The summed E-state index contributed by atoms with van der Waals surface area (Å²) in [6.07, 6.45) is 0. The van der Waals surface area contributed by atoms with Crippen molar-refractivity contribution >= 4 is 34.4 Å². The number of rotatable bonds is 5. The van der Waals surface area contributed by atoms with Gasteiger partial charge in [-0.1, -0.05) is 121 Å². The number of fused-ring (bicyclic) bond motifs is 5. The molecule has 46 heavy (non-hydrogen) atoms. The first kappa shape index (κ1) is 27.6. The van der Waals surface area contributed by atoms with E-state index in [-0.39, 0.29) is 0 Å². The van der Waals surface area contributed by atoms with Crippen molar-refractivity contribution in [3.63, 3.8) is 0 Å². The number of anilines is 3. The molecule has 6 aromatic carbocycles. The molecule has 6 nitrogen and oxygen atoms in total. The van der Waals surface area contributed by atoms with Crippen molar-refractivity contribution in [1.82, 2.24) is 15.0 Å². The molecule has 0 bridgehead atoms. The van der Waals surface area contributed by atoms with E-state index in [4.69, 9.17) is 26.6 Å². The first-order valence-corrected chi connectivity index (χ1v) is 15.2. The van der Waals surface area contributed by atoms with Crippen LogP contribution in [0.5, 0.6) is 0 Å². The third-order valence-electron chi connectivity index (χ3n) is 8.13. The highest BCUT2D eigenvalue weighted by Gasteiger charge is 2.30. The van der Waals surface area contributed by atoms with Gasteiger partial charge in [0.15, 0.2) is 17.5 Å². The molecule has 218 valence electrons. The van der Waals surface area contributed by atoms with Crippen molar-refractivity contribution in [2.45, 2.75) is 0 Å². The number of nitrogens with zero attached hydrogens (tertiary/aromatic N) is 5. The van der Waals surface area contributed by atoms with Crippen molar-refractivity contribution in [3.05, 3.63) is 156 Å². The van der Waals surface area contributed by atoms with E-state index in [1.54, 1.807) is 12.1 Å². The zero-order valence-corrected chi connectivity index (χ0v) is 25.1. The Balaban J connectivity index is 1.40. The summed E-state index contributed by atoms with van der Waals surface area (Å²) in [6.45, 7) is 0. The summed E-state index contributed by atoms with van der Waals surface area (Å²) >= 11 is 6.99. The van der Waals surface area contributed by atoms with Gasteiger partial charge < -0.3 is 4.90 Å². The zero-order chi connectivity index (χ0) is 31.0. The summed E-state index contributed by atoms with van der Waals surface area (Å²) < 4.78 is 0. The second kappa shape index (κ2) is 11.5. The second-order valence-electron chi connectivity index (χ2n) is 10.9. The molecule has 0 atom stereocenters. The predicted molar refractivity (Wildman–Crippen MR) is 186 cm³/mol. The minimum Gasteiger partial charge on any atom is -0.305 e. The van der Waals surface area contributed by atoms with Crippen molar-refractivity contribution in [3.8, 4) is 56.4 Å². The van der Waals surface area contributed by atoms with Gasteiger partial charge in [0.05, 0.1) is 22.1 Å². The smallest absolute Gasteiger partial charge is 0.164 e. The summed E-state index contributed by atoms with van der Waals surface area (Å²) in [6, 6.07) is 47.4. The lowest BCUT2D eigenvalue weighted by Gasteiger charge is -2.28. The third-order valence-corrected chi connectivity index (χ3v) is 8.44. The van der Waals surface area contributed by atoms with Crippen LogP contribution in [-0.2, 0) is 0 Å². The molecular weight excluding hydrogens is 590 g/mol. The van der Waals surface area contributed by atoms with Crippen molar-refractivity contribution in [1.29, 1.82) is 0 Å². The van der Waals surface area contributed by atoms with Gasteiger partial charge in [0, 0.05) is 27.8 Å². The predicted octanol–water partition coefficient (Wildman–Crippen LogP) is 11.0. The Morgan fingerprint density at radius 1 is 0.478 bits per heavy atom. The second-order valence-corrected chi connectivity index (χ2v) is 11.3. The topological polar surface area (TPSA) is 71.3 Å². The fraction of sp³-hybridized carbons (Fsp3) is 0. The van der Waals surface area contributed by atoms with Crippen LogP contribution >= 0.6 is 11.6 Å². The van der Waals surface area contributed by atoms with Gasteiger partial charge in [-0.15, -0.1) is 4.91 Å². The highest BCUT2D eigenvalue weighted by Crippen LogP contribution is 2.54.